The maximum atomic E-state index is 4.33. The highest BCUT2D eigenvalue weighted by Gasteiger charge is 2.08. The lowest BCUT2D eigenvalue weighted by Crippen LogP contribution is -1.92. The average molecular weight is 174 g/mol. The third kappa shape index (κ3) is 1.32. The molecule has 0 bridgehead atoms. The summed E-state index contributed by atoms with van der Waals surface area (Å²) >= 11 is 0. The average Bonchev–Trinajstić information content (AvgIpc) is 2.63. The molecule has 0 fully saturated rings. The molecule has 0 aliphatic heterocycles. The molecule has 1 heterocycles. The summed E-state index contributed by atoms with van der Waals surface area (Å²) in [7, 11) is 0. The van der Waals surface area contributed by atoms with Gasteiger partial charge in [0.05, 0.1) is 17.4 Å². The number of rotatable bonds is 2. The van der Waals surface area contributed by atoms with Crippen LogP contribution in [0.25, 0.3) is 11.0 Å². The van der Waals surface area contributed by atoms with Gasteiger partial charge in [-0.05, 0) is 24.0 Å². The topological polar surface area (TPSA) is 28.7 Å². The third-order valence-electron chi connectivity index (χ3n) is 2.62. The molecule has 0 amide bonds. The fourth-order valence-electron chi connectivity index (χ4n) is 1.61. The maximum absolute atomic E-state index is 4.33. The van der Waals surface area contributed by atoms with Crippen LogP contribution in [0.15, 0.2) is 24.5 Å². The zero-order valence-corrected chi connectivity index (χ0v) is 8.04. The Bertz CT molecular complexity index is 403. The quantitative estimate of drug-likeness (QED) is 0.744. The zero-order chi connectivity index (χ0) is 9.26. The summed E-state index contributed by atoms with van der Waals surface area (Å²) in [5.41, 5.74) is 3.61. The summed E-state index contributed by atoms with van der Waals surface area (Å²) in [6.45, 7) is 4.44. The Morgan fingerprint density at radius 3 is 3.08 bits per heavy atom. The first-order valence-corrected chi connectivity index (χ1v) is 4.75. The summed E-state index contributed by atoms with van der Waals surface area (Å²) in [5.74, 6) is 0.590. The second kappa shape index (κ2) is 3.21. The van der Waals surface area contributed by atoms with Crippen LogP contribution >= 0.6 is 0 Å². The van der Waals surface area contributed by atoms with Crippen LogP contribution in [0, 0.1) is 0 Å². The third-order valence-corrected chi connectivity index (χ3v) is 2.62. The highest BCUT2D eigenvalue weighted by Crippen LogP contribution is 2.24. The lowest BCUT2D eigenvalue weighted by Gasteiger charge is -2.08. The molecule has 1 unspecified atom stereocenters. The van der Waals surface area contributed by atoms with Crippen molar-refractivity contribution in [3.8, 4) is 0 Å². The van der Waals surface area contributed by atoms with E-state index in [-0.39, 0.29) is 0 Å². The Kier molecular flexibility index (Phi) is 2.05. The molecule has 0 saturated carbocycles. The van der Waals surface area contributed by atoms with Gasteiger partial charge in [-0.15, -0.1) is 0 Å². The smallest absolute Gasteiger partial charge is 0.0931 e. The van der Waals surface area contributed by atoms with Crippen molar-refractivity contribution in [2.24, 2.45) is 0 Å². The van der Waals surface area contributed by atoms with E-state index in [2.05, 4.69) is 42.0 Å². The van der Waals surface area contributed by atoms with Gasteiger partial charge in [0.2, 0.25) is 0 Å². The Morgan fingerprint density at radius 2 is 2.31 bits per heavy atom. The number of hydrogen-bond donors (Lipinski definition) is 1. The number of hydrogen-bond acceptors (Lipinski definition) is 1. The van der Waals surface area contributed by atoms with E-state index < -0.39 is 0 Å². The first-order chi connectivity index (χ1) is 6.33. The SMILES string of the molecule is CCC(C)c1cccc2[nH]cnc12. The maximum Gasteiger partial charge on any atom is 0.0931 e. The highest BCUT2D eigenvalue weighted by atomic mass is 14.9. The standard InChI is InChI=1S/C11H14N2/c1-3-8(2)9-5-4-6-10-11(9)13-7-12-10/h4-8H,3H2,1-2H3,(H,12,13). The molecule has 2 heteroatoms. The van der Waals surface area contributed by atoms with Gasteiger partial charge in [-0.3, -0.25) is 0 Å². The molecule has 13 heavy (non-hydrogen) atoms. The fourth-order valence-corrected chi connectivity index (χ4v) is 1.61. The van der Waals surface area contributed by atoms with E-state index in [0.717, 1.165) is 17.5 Å². The number of nitrogens with zero attached hydrogens (tertiary/aromatic N) is 1. The van der Waals surface area contributed by atoms with E-state index in [1.54, 1.807) is 6.33 Å². The molecule has 0 saturated heterocycles. The van der Waals surface area contributed by atoms with Crippen molar-refractivity contribution in [3.05, 3.63) is 30.1 Å². The number of aromatic amines is 1. The summed E-state index contributed by atoms with van der Waals surface area (Å²) < 4.78 is 0. The van der Waals surface area contributed by atoms with Crippen LogP contribution in [0.2, 0.25) is 0 Å². The van der Waals surface area contributed by atoms with Gasteiger partial charge in [0.25, 0.3) is 0 Å². The van der Waals surface area contributed by atoms with Crippen molar-refractivity contribution in [3.63, 3.8) is 0 Å². The predicted octanol–water partition coefficient (Wildman–Crippen LogP) is 3.08. The van der Waals surface area contributed by atoms with Crippen molar-refractivity contribution in [2.45, 2.75) is 26.2 Å². The van der Waals surface area contributed by atoms with Gasteiger partial charge in [-0.1, -0.05) is 26.0 Å². The summed E-state index contributed by atoms with van der Waals surface area (Å²) in [4.78, 5) is 7.46. The zero-order valence-electron chi connectivity index (χ0n) is 8.04. The van der Waals surface area contributed by atoms with Gasteiger partial charge < -0.3 is 4.98 Å². The molecule has 1 N–H and O–H groups in total. The number of benzene rings is 1. The number of para-hydroxylation sites is 1. The molecule has 0 aliphatic rings. The van der Waals surface area contributed by atoms with Crippen molar-refractivity contribution in [1.82, 2.24) is 9.97 Å². The fraction of sp³-hybridized carbons (Fsp3) is 0.364. The molecule has 1 atom stereocenters. The molecular formula is C11H14N2. The molecule has 68 valence electrons. The van der Waals surface area contributed by atoms with Crippen LogP contribution in [-0.2, 0) is 0 Å². The van der Waals surface area contributed by atoms with E-state index in [1.807, 2.05) is 0 Å². The molecular weight excluding hydrogens is 160 g/mol. The van der Waals surface area contributed by atoms with Crippen molar-refractivity contribution in [1.29, 1.82) is 0 Å². The number of nitrogens with one attached hydrogen (secondary N) is 1. The van der Waals surface area contributed by atoms with Crippen LogP contribution < -0.4 is 0 Å². The number of imidazole rings is 1. The Morgan fingerprint density at radius 1 is 1.46 bits per heavy atom. The Balaban J connectivity index is 2.60. The van der Waals surface area contributed by atoms with Crippen LogP contribution in [-0.4, -0.2) is 9.97 Å². The largest absolute Gasteiger partial charge is 0.345 e. The molecule has 0 radical (unpaired) electrons. The second-order valence-electron chi connectivity index (χ2n) is 3.46. The van der Waals surface area contributed by atoms with Gasteiger partial charge in [0, 0.05) is 0 Å². The lowest BCUT2D eigenvalue weighted by molar-refractivity contribution is 0.738. The molecule has 2 nitrogen and oxygen atoms in total. The summed E-state index contributed by atoms with van der Waals surface area (Å²) in [6, 6.07) is 6.31. The predicted molar refractivity (Wildman–Crippen MR) is 54.8 cm³/mol. The van der Waals surface area contributed by atoms with E-state index in [0.29, 0.717) is 5.92 Å². The van der Waals surface area contributed by atoms with Gasteiger partial charge in [0.15, 0.2) is 0 Å². The van der Waals surface area contributed by atoms with Crippen molar-refractivity contribution < 1.29 is 0 Å². The van der Waals surface area contributed by atoms with Crippen LogP contribution in [0.4, 0.5) is 0 Å². The van der Waals surface area contributed by atoms with Gasteiger partial charge in [0.1, 0.15) is 0 Å². The van der Waals surface area contributed by atoms with E-state index in [4.69, 9.17) is 0 Å². The van der Waals surface area contributed by atoms with Gasteiger partial charge in [-0.2, -0.15) is 0 Å². The minimum Gasteiger partial charge on any atom is -0.345 e. The number of fused-ring (bicyclic) bond motifs is 1. The summed E-state index contributed by atoms with van der Waals surface area (Å²) in [6.07, 6.45) is 2.92. The normalized spacial score (nSPS) is 13.4. The monoisotopic (exact) mass is 174 g/mol. The molecule has 1 aromatic carbocycles. The Labute approximate surface area is 78.0 Å². The van der Waals surface area contributed by atoms with E-state index >= 15 is 0 Å². The molecule has 0 spiro atoms. The van der Waals surface area contributed by atoms with Gasteiger partial charge >= 0.3 is 0 Å². The minimum absolute atomic E-state index is 0.590. The molecule has 2 aromatic rings. The minimum atomic E-state index is 0.590. The first-order valence-electron chi connectivity index (χ1n) is 4.75. The van der Waals surface area contributed by atoms with Crippen molar-refractivity contribution in [2.75, 3.05) is 0 Å². The van der Waals surface area contributed by atoms with Crippen LogP contribution in [0.5, 0.6) is 0 Å². The first kappa shape index (κ1) is 8.30. The highest BCUT2D eigenvalue weighted by molar-refractivity contribution is 5.78. The molecule has 1 aromatic heterocycles. The lowest BCUT2D eigenvalue weighted by atomic mass is 9.97. The Hall–Kier alpha value is -1.31. The molecule has 2 rings (SSSR count). The number of H-pyrrole nitrogens is 1. The van der Waals surface area contributed by atoms with Gasteiger partial charge in [-0.25, -0.2) is 4.98 Å². The number of aromatic nitrogens is 2. The molecule has 0 aliphatic carbocycles. The van der Waals surface area contributed by atoms with Crippen molar-refractivity contribution >= 4 is 11.0 Å². The summed E-state index contributed by atoms with van der Waals surface area (Å²) in [5, 5.41) is 0. The van der Waals surface area contributed by atoms with Crippen LogP contribution in [0.3, 0.4) is 0 Å². The van der Waals surface area contributed by atoms with E-state index in [9.17, 15) is 0 Å². The van der Waals surface area contributed by atoms with E-state index in [1.165, 1.54) is 5.56 Å². The second-order valence-corrected chi connectivity index (χ2v) is 3.46. The van der Waals surface area contributed by atoms with Crippen LogP contribution in [0.1, 0.15) is 31.7 Å².